The van der Waals surface area contributed by atoms with Crippen molar-refractivity contribution in [2.45, 2.75) is 6.92 Å². The number of halogens is 1. The summed E-state index contributed by atoms with van der Waals surface area (Å²) in [6, 6.07) is 21.0. The lowest BCUT2D eigenvalue weighted by Gasteiger charge is -2.11. The fraction of sp³-hybridized carbons (Fsp3) is 0.0870. The van der Waals surface area contributed by atoms with Crippen LogP contribution < -0.4 is 20.7 Å². The summed E-state index contributed by atoms with van der Waals surface area (Å²) in [5, 5.41) is 8.90. The van der Waals surface area contributed by atoms with E-state index >= 15 is 0 Å². The van der Waals surface area contributed by atoms with Crippen molar-refractivity contribution >= 4 is 52.1 Å². The van der Waals surface area contributed by atoms with Crippen LogP contribution in [-0.4, -0.2) is 23.5 Å². The third kappa shape index (κ3) is 7.09. The first-order chi connectivity index (χ1) is 14.9. The molecule has 0 unspecified atom stereocenters. The minimum atomic E-state index is -0.371. The van der Waals surface area contributed by atoms with Crippen molar-refractivity contribution < 1.29 is 14.3 Å². The summed E-state index contributed by atoms with van der Waals surface area (Å²) in [6.45, 7) is 1.79. The molecule has 0 heterocycles. The molecule has 0 saturated heterocycles. The van der Waals surface area contributed by atoms with Crippen LogP contribution in [0.4, 0.5) is 11.4 Å². The molecule has 0 aromatic heterocycles. The van der Waals surface area contributed by atoms with Gasteiger partial charge in [-0.3, -0.25) is 14.9 Å². The van der Waals surface area contributed by atoms with Crippen molar-refractivity contribution in [3.8, 4) is 5.75 Å². The summed E-state index contributed by atoms with van der Waals surface area (Å²) in [5.41, 5.74) is 2.77. The molecule has 0 saturated carbocycles. The standard InChI is InChI=1S/C23H20ClN3O3S/c1-15-4-2-7-20(12-15)30-14-21(28)27-23(31)26-19-10-8-18(9-11-19)25-22(29)16-5-3-6-17(24)13-16/h2-13H,14H2,1H3,(H,25,29)(H2,26,27,28,31). The first-order valence-corrected chi connectivity index (χ1v) is 10.1. The molecule has 6 nitrogen and oxygen atoms in total. The maximum Gasteiger partial charge on any atom is 0.264 e. The Morgan fingerprint density at radius 3 is 2.29 bits per heavy atom. The van der Waals surface area contributed by atoms with Gasteiger partial charge in [-0.05, 0) is 79.3 Å². The molecule has 0 aliphatic rings. The smallest absolute Gasteiger partial charge is 0.264 e. The Balaban J connectivity index is 1.47. The van der Waals surface area contributed by atoms with E-state index in [2.05, 4.69) is 16.0 Å². The van der Waals surface area contributed by atoms with Gasteiger partial charge in [-0.2, -0.15) is 0 Å². The zero-order valence-corrected chi connectivity index (χ0v) is 18.2. The molecule has 8 heteroatoms. The van der Waals surface area contributed by atoms with E-state index in [1.54, 1.807) is 54.6 Å². The average molecular weight is 454 g/mol. The molecular formula is C23H20ClN3O3S. The van der Waals surface area contributed by atoms with Crippen LogP contribution in [0.15, 0.2) is 72.8 Å². The number of hydrogen-bond donors (Lipinski definition) is 3. The lowest BCUT2D eigenvalue weighted by Crippen LogP contribution is -2.37. The number of carbonyl (C=O) groups excluding carboxylic acids is 2. The maximum absolute atomic E-state index is 12.3. The highest BCUT2D eigenvalue weighted by atomic mass is 35.5. The molecule has 0 atom stereocenters. The average Bonchev–Trinajstić information content (AvgIpc) is 2.73. The monoisotopic (exact) mass is 453 g/mol. The number of benzene rings is 3. The van der Waals surface area contributed by atoms with Crippen molar-refractivity contribution in [3.63, 3.8) is 0 Å². The zero-order valence-electron chi connectivity index (χ0n) is 16.6. The van der Waals surface area contributed by atoms with Gasteiger partial charge < -0.3 is 15.4 Å². The van der Waals surface area contributed by atoms with E-state index in [-0.39, 0.29) is 23.5 Å². The normalized spacial score (nSPS) is 10.1. The summed E-state index contributed by atoms with van der Waals surface area (Å²) in [6.07, 6.45) is 0. The highest BCUT2D eigenvalue weighted by molar-refractivity contribution is 7.80. The van der Waals surface area contributed by atoms with Gasteiger partial charge in [0.05, 0.1) is 0 Å². The van der Waals surface area contributed by atoms with Gasteiger partial charge in [0.25, 0.3) is 11.8 Å². The SMILES string of the molecule is Cc1cccc(OCC(=O)NC(=S)Nc2ccc(NC(=O)c3cccc(Cl)c3)cc2)c1. The molecule has 3 aromatic rings. The van der Waals surface area contributed by atoms with E-state index in [0.717, 1.165) is 5.56 Å². The van der Waals surface area contributed by atoms with Crippen molar-refractivity contribution in [1.82, 2.24) is 5.32 Å². The van der Waals surface area contributed by atoms with Crippen molar-refractivity contribution in [1.29, 1.82) is 0 Å². The van der Waals surface area contributed by atoms with E-state index in [0.29, 0.717) is 27.7 Å². The Kier molecular flexibility index (Phi) is 7.59. The Morgan fingerprint density at radius 1 is 0.935 bits per heavy atom. The first kappa shape index (κ1) is 22.3. The zero-order chi connectivity index (χ0) is 22.2. The highest BCUT2D eigenvalue weighted by Gasteiger charge is 2.08. The number of carbonyl (C=O) groups is 2. The van der Waals surface area contributed by atoms with Gasteiger partial charge in [0.15, 0.2) is 11.7 Å². The molecule has 0 aliphatic carbocycles. The summed E-state index contributed by atoms with van der Waals surface area (Å²) in [4.78, 5) is 24.3. The van der Waals surface area contributed by atoms with Crippen molar-refractivity contribution in [3.05, 3.63) is 88.9 Å². The van der Waals surface area contributed by atoms with E-state index in [9.17, 15) is 9.59 Å². The largest absolute Gasteiger partial charge is 0.484 e. The van der Waals surface area contributed by atoms with Gasteiger partial charge in [-0.25, -0.2) is 0 Å². The fourth-order valence-corrected chi connectivity index (χ4v) is 3.07. The van der Waals surface area contributed by atoms with Crippen LogP contribution in [0.3, 0.4) is 0 Å². The molecule has 0 fully saturated rings. The molecule has 3 aromatic carbocycles. The lowest BCUT2D eigenvalue weighted by molar-refractivity contribution is -0.121. The molecule has 2 amide bonds. The van der Waals surface area contributed by atoms with Gasteiger partial charge in [0.2, 0.25) is 0 Å². The second-order valence-corrected chi connectivity index (χ2v) is 7.49. The molecule has 0 bridgehead atoms. The topological polar surface area (TPSA) is 79.5 Å². The minimum Gasteiger partial charge on any atom is -0.484 e. The molecule has 31 heavy (non-hydrogen) atoms. The van der Waals surface area contributed by atoms with E-state index in [1.165, 1.54) is 0 Å². The Bertz CT molecular complexity index is 1100. The number of hydrogen-bond acceptors (Lipinski definition) is 4. The van der Waals surface area contributed by atoms with Gasteiger partial charge >= 0.3 is 0 Å². The third-order valence-electron chi connectivity index (χ3n) is 4.10. The summed E-state index contributed by atoms with van der Waals surface area (Å²) in [5.74, 6) is -0.0200. The number of thiocarbonyl (C=S) groups is 1. The fourth-order valence-electron chi connectivity index (χ4n) is 2.65. The number of ether oxygens (including phenoxy) is 1. The Hall–Kier alpha value is -3.42. The van der Waals surface area contributed by atoms with Crippen LogP contribution in [0, 0.1) is 6.92 Å². The molecule has 3 N–H and O–H groups in total. The quantitative estimate of drug-likeness (QED) is 0.467. The second kappa shape index (κ2) is 10.6. The molecule has 0 aliphatic heterocycles. The first-order valence-electron chi connectivity index (χ1n) is 9.36. The molecule has 3 rings (SSSR count). The van der Waals surface area contributed by atoms with Crippen molar-refractivity contribution in [2.24, 2.45) is 0 Å². The van der Waals surface area contributed by atoms with Crippen LogP contribution >= 0.6 is 23.8 Å². The van der Waals surface area contributed by atoms with Crippen LogP contribution in [0.5, 0.6) is 5.75 Å². The molecule has 158 valence electrons. The van der Waals surface area contributed by atoms with E-state index in [1.807, 2.05) is 25.1 Å². The predicted molar refractivity (Wildman–Crippen MR) is 127 cm³/mol. The number of amides is 2. The van der Waals surface area contributed by atoms with E-state index in [4.69, 9.17) is 28.6 Å². The number of nitrogens with one attached hydrogen (secondary N) is 3. The lowest BCUT2D eigenvalue weighted by atomic mass is 10.2. The Morgan fingerprint density at radius 2 is 1.61 bits per heavy atom. The van der Waals surface area contributed by atoms with Gasteiger partial charge in [0.1, 0.15) is 5.75 Å². The van der Waals surface area contributed by atoms with Crippen LogP contribution in [0.25, 0.3) is 0 Å². The highest BCUT2D eigenvalue weighted by Crippen LogP contribution is 2.16. The number of rotatable bonds is 6. The molecular weight excluding hydrogens is 434 g/mol. The van der Waals surface area contributed by atoms with Gasteiger partial charge in [-0.15, -0.1) is 0 Å². The number of aryl methyl sites for hydroxylation is 1. The van der Waals surface area contributed by atoms with Crippen molar-refractivity contribution in [2.75, 3.05) is 17.2 Å². The summed E-state index contributed by atoms with van der Waals surface area (Å²) in [7, 11) is 0. The van der Waals surface area contributed by atoms with E-state index < -0.39 is 0 Å². The maximum atomic E-state index is 12.3. The third-order valence-corrected chi connectivity index (χ3v) is 4.54. The van der Waals surface area contributed by atoms with Crippen LogP contribution in [-0.2, 0) is 4.79 Å². The Labute approximate surface area is 190 Å². The minimum absolute atomic E-state index is 0.147. The van der Waals surface area contributed by atoms with Crippen LogP contribution in [0.2, 0.25) is 5.02 Å². The number of anilines is 2. The van der Waals surface area contributed by atoms with Crippen LogP contribution in [0.1, 0.15) is 15.9 Å². The molecule has 0 spiro atoms. The predicted octanol–water partition coefficient (Wildman–Crippen LogP) is 4.79. The van der Waals surface area contributed by atoms with Gasteiger partial charge in [0, 0.05) is 22.0 Å². The van der Waals surface area contributed by atoms with Gasteiger partial charge in [-0.1, -0.05) is 29.8 Å². The molecule has 0 radical (unpaired) electrons. The summed E-state index contributed by atoms with van der Waals surface area (Å²) < 4.78 is 5.45. The second-order valence-electron chi connectivity index (χ2n) is 6.65. The summed E-state index contributed by atoms with van der Waals surface area (Å²) >= 11 is 11.1.